The lowest BCUT2D eigenvalue weighted by Gasteiger charge is -2.06. The molecule has 0 aliphatic carbocycles. The predicted octanol–water partition coefficient (Wildman–Crippen LogP) is 3.55. The molecule has 0 amide bonds. The maximum Gasteiger partial charge on any atom is 0.182 e. The second-order valence-electron chi connectivity index (χ2n) is 4.08. The van der Waals surface area contributed by atoms with Crippen molar-refractivity contribution in [2.24, 2.45) is 0 Å². The van der Waals surface area contributed by atoms with E-state index in [1.165, 1.54) is 12.1 Å². The molecule has 0 bridgehead atoms. The van der Waals surface area contributed by atoms with E-state index in [0.717, 1.165) is 0 Å². The SMILES string of the molecule is Nc1ccc(S(=O)(=O)Cc2ccc(Cl)c(Cl)c2)cc1. The van der Waals surface area contributed by atoms with Crippen LogP contribution in [-0.4, -0.2) is 8.42 Å². The first-order valence-electron chi connectivity index (χ1n) is 5.41. The lowest BCUT2D eigenvalue weighted by atomic mass is 10.2. The van der Waals surface area contributed by atoms with E-state index in [9.17, 15) is 8.42 Å². The molecule has 2 aromatic carbocycles. The molecule has 0 spiro atoms. The largest absolute Gasteiger partial charge is 0.399 e. The fraction of sp³-hybridized carbons (Fsp3) is 0.0769. The van der Waals surface area contributed by atoms with Gasteiger partial charge in [-0.2, -0.15) is 0 Å². The van der Waals surface area contributed by atoms with Crippen molar-refractivity contribution in [1.82, 2.24) is 0 Å². The highest BCUT2D eigenvalue weighted by atomic mass is 35.5. The number of nitrogens with two attached hydrogens (primary N) is 1. The van der Waals surface area contributed by atoms with Gasteiger partial charge in [0.2, 0.25) is 0 Å². The number of nitrogen functional groups attached to an aromatic ring is 1. The van der Waals surface area contributed by atoms with Crippen molar-refractivity contribution in [3.63, 3.8) is 0 Å². The summed E-state index contributed by atoms with van der Waals surface area (Å²) in [5.41, 5.74) is 6.64. The van der Waals surface area contributed by atoms with Gasteiger partial charge in [0.1, 0.15) is 0 Å². The summed E-state index contributed by atoms with van der Waals surface area (Å²) < 4.78 is 24.4. The standard InChI is InChI=1S/C13H11Cl2NO2S/c14-12-6-1-9(7-13(12)15)8-19(17,18)11-4-2-10(16)3-5-11/h1-7H,8,16H2. The molecular weight excluding hydrogens is 305 g/mol. The third-order valence-electron chi connectivity index (χ3n) is 2.58. The summed E-state index contributed by atoms with van der Waals surface area (Å²) in [6, 6.07) is 10.9. The van der Waals surface area contributed by atoms with Crippen molar-refractivity contribution in [1.29, 1.82) is 0 Å². The number of hydrogen-bond donors (Lipinski definition) is 1. The molecule has 2 rings (SSSR count). The Bertz CT molecular complexity index is 697. The van der Waals surface area contributed by atoms with Crippen LogP contribution in [-0.2, 0) is 15.6 Å². The maximum absolute atomic E-state index is 12.2. The Morgan fingerprint density at radius 1 is 0.947 bits per heavy atom. The lowest BCUT2D eigenvalue weighted by Crippen LogP contribution is -2.05. The Balaban J connectivity index is 2.30. The molecule has 0 heterocycles. The molecular formula is C13H11Cl2NO2S. The number of anilines is 1. The number of halogens is 2. The van der Waals surface area contributed by atoms with E-state index in [1.807, 2.05) is 0 Å². The van der Waals surface area contributed by atoms with Gasteiger partial charge < -0.3 is 5.73 Å². The molecule has 0 aliphatic heterocycles. The summed E-state index contributed by atoms with van der Waals surface area (Å²) in [6.07, 6.45) is 0. The number of sulfone groups is 1. The van der Waals surface area contributed by atoms with Crippen molar-refractivity contribution in [2.45, 2.75) is 10.6 Å². The van der Waals surface area contributed by atoms with Gasteiger partial charge in [-0.1, -0.05) is 29.3 Å². The Labute approximate surface area is 121 Å². The molecule has 0 saturated carbocycles. The topological polar surface area (TPSA) is 60.2 Å². The summed E-state index contributed by atoms with van der Waals surface area (Å²) in [5, 5.41) is 0.738. The van der Waals surface area contributed by atoms with Crippen molar-refractivity contribution in [2.75, 3.05) is 5.73 Å². The highest BCUT2D eigenvalue weighted by Crippen LogP contribution is 2.25. The van der Waals surface area contributed by atoms with E-state index in [-0.39, 0.29) is 10.6 Å². The number of benzene rings is 2. The monoisotopic (exact) mass is 315 g/mol. The minimum atomic E-state index is -3.42. The predicted molar refractivity (Wildman–Crippen MR) is 78.2 cm³/mol. The van der Waals surface area contributed by atoms with Gasteiger partial charge in [0, 0.05) is 5.69 Å². The van der Waals surface area contributed by atoms with Crippen molar-refractivity contribution >= 4 is 38.7 Å². The Morgan fingerprint density at radius 2 is 1.58 bits per heavy atom. The van der Waals surface area contributed by atoms with Crippen LogP contribution in [0, 0.1) is 0 Å². The summed E-state index contributed by atoms with van der Waals surface area (Å²) in [7, 11) is -3.42. The van der Waals surface area contributed by atoms with Gasteiger partial charge in [-0.3, -0.25) is 0 Å². The van der Waals surface area contributed by atoms with Crippen LogP contribution in [0.15, 0.2) is 47.4 Å². The normalized spacial score (nSPS) is 11.5. The first-order chi connectivity index (χ1) is 8.88. The van der Waals surface area contributed by atoms with Crippen LogP contribution in [0.2, 0.25) is 10.0 Å². The van der Waals surface area contributed by atoms with Crippen LogP contribution in [0.4, 0.5) is 5.69 Å². The van der Waals surface area contributed by atoms with Crippen molar-refractivity contribution < 1.29 is 8.42 Å². The van der Waals surface area contributed by atoms with Gasteiger partial charge in [0.15, 0.2) is 9.84 Å². The quantitative estimate of drug-likeness (QED) is 0.881. The van der Waals surface area contributed by atoms with Gasteiger partial charge in [-0.15, -0.1) is 0 Å². The van der Waals surface area contributed by atoms with E-state index in [1.54, 1.807) is 30.3 Å². The highest BCUT2D eigenvalue weighted by molar-refractivity contribution is 7.90. The zero-order valence-electron chi connectivity index (χ0n) is 9.81. The minimum absolute atomic E-state index is 0.131. The summed E-state index contributed by atoms with van der Waals surface area (Å²) in [4.78, 5) is 0.229. The molecule has 0 unspecified atom stereocenters. The van der Waals surface area contributed by atoms with E-state index in [0.29, 0.717) is 21.3 Å². The van der Waals surface area contributed by atoms with Gasteiger partial charge in [0.25, 0.3) is 0 Å². The summed E-state index contributed by atoms with van der Waals surface area (Å²) in [6.45, 7) is 0. The van der Waals surface area contributed by atoms with Crippen LogP contribution in [0.3, 0.4) is 0 Å². The molecule has 0 fully saturated rings. The fourth-order valence-corrected chi connectivity index (χ4v) is 3.26. The van der Waals surface area contributed by atoms with Crippen LogP contribution >= 0.6 is 23.2 Å². The molecule has 0 radical (unpaired) electrons. The van der Waals surface area contributed by atoms with E-state index < -0.39 is 9.84 Å². The minimum Gasteiger partial charge on any atom is -0.399 e. The molecule has 2 N–H and O–H groups in total. The zero-order valence-corrected chi connectivity index (χ0v) is 12.1. The van der Waals surface area contributed by atoms with Gasteiger partial charge in [-0.05, 0) is 42.0 Å². The zero-order chi connectivity index (χ0) is 14.0. The smallest absolute Gasteiger partial charge is 0.182 e. The summed E-state index contributed by atoms with van der Waals surface area (Å²) >= 11 is 11.7. The van der Waals surface area contributed by atoms with Crippen LogP contribution in [0.25, 0.3) is 0 Å². The average molecular weight is 316 g/mol. The Morgan fingerprint density at radius 3 is 2.16 bits per heavy atom. The maximum atomic E-state index is 12.2. The Kier molecular flexibility index (Phi) is 4.04. The van der Waals surface area contributed by atoms with E-state index in [4.69, 9.17) is 28.9 Å². The van der Waals surface area contributed by atoms with Gasteiger partial charge in [0.05, 0.1) is 20.7 Å². The highest BCUT2D eigenvalue weighted by Gasteiger charge is 2.15. The van der Waals surface area contributed by atoms with Crippen molar-refractivity contribution in [3.8, 4) is 0 Å². The number of rotatable bonds is 3. The second-order valence-corrected chi connectivity index (χ2v) is 6.88. The van der Waals surface area contributed by atoms with Crippen LogP contribution < -0.4 is 5.73 Å². The molecule has 0 saturated heterocycles. The second kappa shape index (κ2) is 5.41. The first-order valence-corrected chi connectivity index (χ1v) is 7.81. The molecule has 3 nitrogen and oxygen atoms in total. The van der Waals surface area contributed by atoms with Crippen LogP contribution in [0.1, 0.15) is 5.56 Å². The molecule has 0 atom stereocenters. The van der Waals surface area contributed by atoms with Crippen LogP contribution in [0.5, 0.6) is 0 Å². The molecule has 0 aliphatic rings. The molecule has 100 valence electrons. The van der Waals surface area contributed by atoms with E-state index >= 15 is 0 Å². The first kappa shape index (κ1) is 14.2. The molecule has 0 aromatic heterocycles. The molecule has 6 heteroatoms. The van der Waals surface area contributed by atoms with Crippen molar-refractivity contribution in [3.05, 3.63) is 58.1 Å². The number of hydrogen-bond acceptors (Lipinski definition) is 3. The van der Waals surface area contributed by atoms with Gasteiger partial charge >= 0.3 is 0 Å². The molecule has 2 aromatic rings. The lowest BCUT2D eigenvalue weighted by molar-refractivity contribution is 0.595. The van der Waals surface area contributed by atoms with E-state index in [2.05, 4.69) is 0 Å². The average Bonchev–Trinajstić information content (AvgIpc) is 2.34. The third-order valence-corrected chi connectivity index (χ3v) is 5.02. The fourth-order valence-electron chi connectivity index (χ4n) is 1.61. The van der Waals surface area contributed by atoms with Gasteiger partial charge in [-0.25, -0.2) is 8.42 Å². The summed E-state index contributed by atoms with van der Waals surface area (Å²) in [5.74, 6) is -0.131. The third kappa shape index (κ3) is 3.41. The Hall–Kier alpha value is -1.23. The molecule has 19 heavy (non-hydrogen) atoms.